The SMILES string of the molecule is COc1cccc(-c2cccc(-c3nc(CCOc4ccc(CCC(=O)O)c(CNC(=O)OC(C)C)c4)c(C)o3)c2)c1. The van der Waals surface area contributed by atoms with Crippen molar-refractivity contribution in [1.82, 2.24) is 10.3 Å². The van der Waals surface area contributed by atoms with Gasteiger partial charge < -0.3 is 29.1 Å². The highest BCUT2D eigenvalue weighted by Crippen LogP contribution is 2.29. The highest BCUT2D eigenvalue weighted by molar-refractivity contribution is 5.71. The van der Waals surface area contributed by atoms with Crippen LogP contribution in [0.4, 0.5) is 4.79 Å². The van der Waals surface area contributed by atoms with Gasteiger partial charge in [0.1, 0.15) is 17.3 Å². The van der Waals surface area contributed by atoms with Crippen LogP contribution in [0.2, 0.25) is 0 Å². The lowest BCUT2D eigenvalue weighted by molar-refractivity contribution is -0.136. The van der Waals surface area contributed by atoms with Crippen molar-refractivity contribution >= 4 is 12.1 Å². The average Bonchev–Trinajstić information content (AvgIpc) is 3.35. The minimum atomic E-state index is -0.886. The van der Waals surface area contributed by atoms with Crippen LogP contribution < -0.4 is 14.8 Å². The Morgan fingerprint density at radius 3 is 2.40 bits per heavy atom. The van der Waals surface area contributed by atoms with E-state index in [1.54, 1.807) is 27.0 Å². The third-order valence-corrected chi connectivity index (χ3v) is 6.56. The van der Waals surface area contributed by atoms with E-state index in [0.29, 0.717) is 31.1 Å². The maximum absolute atomic E-state index is 12.0. The van der Waals surface area contributed by atoms with Crippen LogP contribution in [0, 0.1) is 6.92 Å². The summed E-state index contributed by atoms with van der Waals surface area (Å²) in [5.41, 5.74) is 5.33. The Morgan fingerprint density at radius 1 is 0.929 bits per heavy atom. The first-order valence-corrected chi connectivity index (χ1v) is 13.8. The van der Waals surface area contributed by atoms with Crippen molar-refractivity contribution in [1.29, 1.82) is 0 Å². The number of hydrogen-bond donors (Lipinski definition) is 2. The van der Waals surface area contributed by atoms with Crippen LogP contribution in [-0.2, 0) is 28.9 Å². The van der Waals surface area contributed by atoms with Gasteiger partial charge in [-0.2, -0.15) is 0 Å². The van der Waals surface area contributed by atoms with E-state index < -0.39 is 12.1 Å². The predicted octanol–water partition coefficient (Wildman–Crippen LogP) is 6.60. The summed E-state index contributed by atoms with van der Waals surface area (Å²) < 4.78 is 22.5. The molecule has 9 heteroatoms. The number of carboxylic acids is 1. The molecule has 1 heterocycles. The molecule has 220 valence electrons. The number of amides is 1. The second-order valence-electron chi connectivity index (χ2n) is 10.1. The van der Waals surface area contributed by atoms with Gasteiger partial charge >= 0.3 is 12.1 Å². The van der Waals surface area contributed by atoms with Crippen molar-refractivity contribution in [2.24, 2.45) is 0 Å². The predicted molar refractivity (Wildman–Crippen MR) is 159 cm³/mol. The maximum Gasteiger partial charge on any atom is 0.407 e. The molecule has 42 heavy (non-hydrogen) atoms. The summed E-state index contributed by atoms with van der Waals surface area (Å²) in [6, 6.07) is 21.4. The molecule has 0 saturated carbocycles. The Balaban J connectivity index is 1.42. The largest absolute Gasteiger partial charge is 0.497 e. The lowest BCUT2D eigenvalue weighted by Gasteiger charge is -2.14. The number of carbonyl (C=O) groups is 2. The Kier molecular flexibility index (Phi) is 10.2. The number of ether oxygens (including phenoxy) is 3. The number of aryl methyl sites for hydroxylation is 2. The van der Waals surface area contributed by atoms with Crippen molar-refractivity contribution in [3.05, 3.63) is 89.3 Å². The van der Waals surface area contributed by atoms with Gasteiger partial charge in [-0.15, -0.1) is 0 Å². The normalized spacial score (nSPS) is 10.9. The molecule has 0 bridgehead atoms. The molecule has 1 amide bonds. The highest BCUT2D eigenvalue weighted by Gasteiger charge is 2.14. The molecule has 4 aromatic rings. The molecule has 0 saturated heterocycles. The van der Waals surface area contributed by atoms with E-state index in [-0.39, 0.29) is 19.1 Å². The Hall–Kier alpha value is -4.79. The number of aliphatic carboxylic acids is 1. The van der Waals surface area contributed by atoms with Crippen LogP contribution in [0.1, 0.15) is 42.8 Å². The van der Waals surface area contributed by atoms with Crippen LogP contribution in [0.25, 0.3) is 22.6 Å². The van der Waals surface area contributed by atoms with Crippen molar-refractivity contribution in [3.8, 4) is 34.1 Å². The fourth-order valence-electron chi connectivity index (χ4n) is 4.45. The van der Waals surface area contributed by atoms with Gasteiger partial charge in [0.15, 0.2) is 0 Å². The lowest BCUT2D eigenvalue weighted by Crippen LogP contribution is -2.26. The van der Waals surface area contributed by atoms with Crippen LogP contribution in [0.5, 0.6) is 11.5 Å². The zero-order valence-electron chi connectivity index (χ0n) is 24.3. The maximum atomic E-state index is 12.0. The summed E-state index contributed by atoms with van der Waals surface area (Å²) in [7, 11) is 1.65. The van der Waals surface area contributed by atoms with Crippen LogP contribution in [0.3, 0.4) is 0 Å². The zero-order chi connectivity index (χ0) is 30.1. The minimum Gasteiger partial charge on any atom is -0.497 e. The lowest BCUT2D eigenvalue weighted by atomic mass is 10.0. The number of methoxy groups -OCH3 is 1. The van der Waals surface area contributed by atoms with Crippen LogP contribution in [0.15, 0.2) is 71.1 Å². The van der Waals surface area contributed by atoms with Gasteiger partial charge in [0, 0.05) is 24.9 Å². The molecular formula is C33H36N2O7. The molecule has 3 aromatic carbocycles. The van der Waals surface area contributed by atoms with Gasteiger partial charge in [0.2, 0.25) is 5.89 Å². The van der Waals surface area contributed by atoms with Gasteiger partial charge in [-0.05, 0) is 85.8 Å². The average molecular weight is 573 g/mol. The number of benzene rings is 3. The van der Waals surface area contributed by atoms with E-state index in [2.05, 4.69) is 5.32 Å². The number of carboxylic acid groups (broad SMARTS) is 1. The molecule has 0 fully saturated rings. The number of oxazole rings is 1. The first-order valence-electron chi connectivity index (χ1n) is 13.8. The standard InChI is InChI=1S/C33H36N2O7/c1-21(2)41-33(38)34-20-27-19-29(13-11-23(27)12-14-31(36)37)40-16-15-30-22(3)42-32(35-30)26-9-5-7-24(17-26)25-8-6-10-28(18-25)39-4/h5-11,13,17-19,21H,12,14-16,20H2,1-4H3,(H,34,38)(H,36,37). The van der Waals surface area contributed by atoms with Gasteiger partial charge in [0.05, 0.1) is 25.5 Å². The third-order valence-electron chi connectivity index (χ3n) is 6.56. The smallest absolute Gasteiger partial charge is 0.407 e. The number of nitrogens with zero attached hydrogens (tertiary/aromatic N) is 1. The molecular weight excluding hydrogens is 536 g/mol. The quantitative estimate of drug-likeness (QED) is 0.184. The number of alkyl carbamates (subject to hydrolysis) is 1. The van der Waals surface area contributed by atoms with Gasteiger partial charge in [0.25, 0.3) is 0 Å². The third kappa shape index (κ3) is 8.36. The van der Waals surface area contributed by atoms with Crippen molar-refractivity contribution in [2.75, 3.05) is 13.7 Å². The second-order valence-corrected chi connectivity index (χ2v) is 10.1. The van der Waals surface area contributed by atoms with Crippen LogP contribution in [-0.4, -0.2) is 42.0 Å². The molecule has 9 nitrogen and oxygen atoms in total. The Bertz CT molecular complexity index is 1530. The van der Waals surface area contributed by atoms with Crippen molar-refractivity contribution in [3.63, 3.8) is 0 Å². The van der Waals surface area contributed by atoms with E-state index in [9.17, 15) is 9.59 Å². The number of carbonyl (C=O) groups excluding carboxylic acids is 1. The summed E-state index contributed by atoms with van der Waals surface area (Å²) >= 11 is 0. The summed E-state index contributed by atoms with van der Waals surface area (Å²) in [6.45, 7) is 5.97. The van der Waals surface area contributed by atoms with E-state index in [4.69, 9.17) is 28.7 Å². The molecule has 0 aliphatic rings. The van der Waals surface area contributed by atoms with Crippen molar-refractivity contribution < 1.29 is 33.3 Å². The number of rotatable bonds is 13. The van der Waals surface area contributed by atoms with Crippen molar-refractivity contribution in [2.45, 2.75) is 52.7 Å². The van der Waals surface area contributed by atoms with Gasteiger partial charge in [-0.3, -0.25) is 4.79 Å². The van der Waals surface area contributed by atoms with E-state index in [1.807, 2.05) is 67.6 Å². The monoisotopic (exact) mass is 572 g/mol. The van der Waals surface area contributed by atoms with E-state index in [1.165, 1.54) is 0 Å². The molecule has 2 N–H and O–H groups in total. The van der Waals surface area contributed by atoms with Gasteiger partial charge in [-0.1, -0.05) is 30.3 Å². The second kappa shape index (κ2) is 14.2. The fraction of sp³-hybridized carbons (Fsp3) is 0.303. The molecule has 0 atom stereocenters. The highest BCUT2D eigenvalue weighted by atomic mass is 16.6. The number of nitrogens with one attached hydrogen (secondary N) is 1. The molecule has 0 unspecified atom stereocenters. The molecule has 4 rings (SSSR count). The molecule has 0 spiro atoms. The fourth-order valence-corrected chi connectivity index (χ4v) is 4.45. The molecule has 0 aliphatic carbocycles. The van der Waals surface area contributed by atoms with Crippen LogP contribution >= 0.6 is 0 Å². The summed E-state index contributed by atoms with van der Waals surface area (Å²) in [6.07, 6.45) is 0.0708. The van der Waals surface area contributed by atoms with E-state index in [0.717, 1.165) is 45.0 Å². The zero-order valence-corrected chi connectivity index (χ0v) is 24.3. The van der Waals surface area contributed by atoms with E-state index >= 15 is 0 Å². The number of aromatic nitrogens is 1. The molecule has 0 aliphatic heterocycles. The summed E-state index contributed by atoms with van der Waals surface area (Å²) in [5, 5.41) is 11.8. The summed E-state index contributed by atoms with van der Waals surface area (Å²) in [5.74, 6) is 1.77. The summed E-state index contributed by atoms with van der Waals surface area (Å²) in [4.78, 5) is 27.8. The number of hydrogen-bond acceptors (Lipinski definition) is 7. The minimum absolute atomic E-state index is 0.0140. The topological polar surface area (TPSA) is 120 Å². The Morgan fingerprint density at radius 2 is 1.67 bits per heavy atom. The molecule has 0 radical (unpaired) electrons. The first kappa shape index (κ1) is 30.2. The van der Waals surface area contributed by atoms with Gasteiger partial charge in [-0.25, -0.2) is 9.78 Å². The Labute approximate surface area is 245 Å². The first-order chi connectivity index (χ1) is 20.2. The molecule has 1 aromatic heterocycles.